The van der Waals surface area contributed by atoms with Crippen molar-refractivity contribution in [3.8, 4) is 0 Å². The fourth-order valence-electron chi connectivity index (χ4n) is 2.09. The lowest BCUT2D eigenvalue weighted by Gasteiger charge is -2.19. The summed E-state index contributed by atoms with van der Waals surface area (Å²) < 4.78 is 0. The van der Waals surface area contributed by atoms with Crippen LogP contribution in [0.2, 0.25) is 0 Å². The highest BCUT2D eigenvalue weighted by Crippen LogP contribution is 2.32. The van der Waals surface area contributed by atoms with Gasteiger partial charge >= 0.3 is 0 Å². The van der Waals surface area contributed by atoms with Gasteiger partial charge in [-0.05, 0) is 19.1 Å². The van der Waals surface area contributed by atoms with Gasteiger partial charge in [0.05, 0.1) is 17.2 Å². The molecular formula is C12H10N4O2S. The average molecular weight is 274 g/mol. The van der Waals surface area contributed by atoms with E-state index in [9.17, 15) is 9.59 Å². The minimum Gasteiger partial charge on any atom is -0.374 e. The normalized spacial score (nSPS) is 15.7. The lowest BCUT2D eigenvalue weighted by molar-refractivity contribution is 0.0594. The maximum Gasteiger partial charge on any atom is 0.262 e. The van der Waals surface area contributed by atoms with Crippen molar-refractivity contribution >= 4 is 28.3 Å². The van der Waals surface area contributed by atoms with Crippen molar-refractivity contribution in [2.24, 2.45) is 0 Å². The SMILES string of the molecule is C[C@@H](c1nnc(N)s1)N1C(=O)c2ccccc2C1=O. The number of carbonyl (C=O) groups excluding carboxylic acids is 2. The Kier molecular flexibility index (Phi) is 2.56. The molecule has 0 saturated heterocycles. The van der Waals surface area contributed by atoms with E-state index >= 15 is 0 Å². The zero-order chi connectivity index (χ0) is 13.6. The molecule has 0 saturated carbocycles. The molecule has 1 atom stereocenters. The maximum atomic E-state index is 12.3. The average Bonchev–Trinajstić information content (AvgIpc) is 2.94. The molecule has 1 aliphatic heterocycles. The molecule has 2 N–H and O–H groups in total. The van der Waals surface area contributed by atoms with Crippen LogP contribution in [0.4, 0.5) is 5.13 Å². The lowest BCUT2D eigenvalue weighted by Crippen LogP contribution is -2.32. The number of benzene rings is 1. The molecule has 0 radical (unpaired) electrons. The molecule has 0 spiro atoms. The first kappa shape index (κ1) is 11.8. The van der Waals surface area contributed by atoms with Crippen molar-refractivity contribution in [2.45, 2.75) is 13.0 Å². The van der Waals surface area contributed by atoms with E-state index in [1.807, 2.05) is 0 Å². The monoisotopic (exact) mass is 274 g/mol. The largest absolute Gasteiger partial charge is 0.374 e. The Bertz CT molecular complexity index is 647. The van der Waals surface area contributed by atoms with E-state index in [-0.39, 0.29) is 11.8 Å². The molecule has 0 bridgehead atoms. The number of nitrogen functional groups attached to an aromatic ring is 1. The Morgan fingerprint density at radius 1 is 1.16 bits per heavy atom. The summed E-state index contributed by atoms with van der Waals surface area (Å²) >= 11 is 1.17. The van der Waals surface area contributed by atoms with E-state index in [0.717, 1.165) is 0 Å². The summed E-state index contributed by atoms with van der Waals surface area (Å²) in [5, 5.41) is 8.46. The summed E-state index contributed by atoms with van der Waals surface area (Å²) in [5.74, 6) is -0.608. The first-order valence-corrected chi connectivity index (χ1v) is 6.47. The molecule has 1 aromatic carbocycles. The van der Waals surface area contributed by atoms with E-state index in [1.165, 1.54) is 16.2 Å². The summed E-state index contributed by atoms with van der Waals surface area (Å²) in [6.07, 6.45) is 0. The zero-order valence-electron chi connectivity index (χ0n) is 10.0. The van der Waals surface area contributed by atoms with Crippen LogP contribution in [0, 0.1) is 0 Å². The van der Waals surface area contributed by atoms with Gasteiger partial charge in [-0.15, -0.1) is 10.2 Å². The second-order valence-electron chi connectivity index (χ2n) is 4.18. The van der Waals surface area contributed by atoms with Crippen LogP contribution in [0.3, 0.4) is 0 Å². The second-order valence-corrected chi connectivity index (χ2v) is 5.22. The van der Waals surface area contributed by atoms with Gasteiger partial charge in [-0.1, -0.05) is 23.5 Å². The number of anilines is 1. The van der Waals surface area contributed by atoms with Gasteiger partial charge in [-0.3, -0.25) is 14.5 Å². The van der Waals surface area contributed by atoms with E-state index in [2.05, 4.69) is 10.2 Å². The van der Waals surface area contributed by atoms with E-state index in [0.29, 0.717) is 21.3 Å². The zero-order valence-corrected chi connectivity index (χ0v) is 10.8. The first-order valence-electron chi connectivity index (χ1n) is 5.65. The number of rotatable bonds is 2. The molecule has 0 fully saturated rings. The Morgan fingerprint density at radius 3 is 2.21 bits per heavy atom. The summed E-state index contributed by atoms with van der Waals surface area (Å²) in [5.41, 5.74) is 6.38. The molecule has 6 nitrogen and oxygen atoms in total. The van der Waals surface area contributed by atoms with Gasteiger partial charge in [-0.25, -0.2) is 0 Å². The van der Waals surface area contributed by atoms with Crippen LogP contribution in [0.25, 0.3) is 0 Å². The Balaban J connectivity index is 2.00. The number of aromatic nitrogens is 2. The second kappa shape index (κ2) is 4.13. The Labute approximate surface area is 112 Å². The molecule has 1 aromatic heterocycles. The molecule has 1 aliphatic rings. The Morgan fingerprint density at radius 2 is 1.74 bits per heavy atom. The third-order valence-electron chi connectivity index (χ3n) is 3.03. The molecule has 7 heteroatoms. The number of fused-ring (bicyclic) bond motifs is 1. The van der Waals surface area contributed by atoms with Gasteiger partial charge in [0.15, 0.2) is 0 Å². The van der Waals surface area contributed by atoms with E-state index in [4.69, 9.17) is 5.73 Å². The quantitative estimate of drug-likeness (QED) is 0.838. The minimum absolute atomic E-state index is 0.304. The first-order chi connectivity index (χ1) is 9.09. The van der Waals surface area contributed by atoms with Crippen molar-refractivity contribution < 1.29 is 9.59 Å². The molecule has 2 heterocycles. The molecule has 0 unspecified atom stereocenters. The number of nitrogens with zero attached hydrogens (tertiary/aromatic N) is 3. The van der Waals surface area contributed by atoms with Crippen molar-refractivity contribution in [3.63, 3.8) is 0 Å². The minimum atomic E-state index is -0.470. The van der Waals surface area contributed by atoms with Crippen molar-refractivity contribution in [1.29, 1.82) is 0 Å². The topological polar surface area (TPSA) is 89.2 Å². The van der Waals surface area contributed by atoms with Gasteiger partial charge in [-0.2, -0.15) is 0 Å². The molecule has 2 amide bonds. The third-order valence-corrected chi connectivity index (χ3v) is 3.95. The van der Waals surface area contributed by atoms with Gasteiger partial charge in [0.2, 0.25) is 5.13 Å². The van der Waals surface area contributed by atoms with Gasteiger partial charge < -0.3 is 5.73 Å². The van der Waals surface area contributed by atoms with Gasteiger partial charge in [0, 0.05) is 0 Å². The lowest BCUT2D eigenvalue weighted by atomic mass is 10.1. The van der Waals surface area contributed by atoms with Crippen LogP contribution in [0.5, 0.6) is 0 Å². The van der Waals surface area contributed by atoms with Crippen LogP contribution in [0.15, 0.2) is 24.3 Å². The number of nitrogens with two attached hydrogens (primary N) is 1. The van der Waals surface area contributed by atoms with Crippen molar-refractivity contribution in [1.82, 2.24) is 15.1 Å². The number of hydrogen-bond donors (Lipinski definition) is 1. The van der Waals surface area contributed by atoms with Crippen molar-refractivity contribution in [2.75, 3.05) is 5.73 Å². The summed E-state index contributed by atoms with van der Waals surface area (Å²) in [7, 11) is 0. The molecule has 0 aliphatic carbocycles. The fraction of sp³-hybridized carbons (Fsp3) is 0.167. The predicted octanol–water partition coefficient (Wildman–Crippen LogP) is 1.48. The third kappa shape index (κ3) is 1.70. The van der Waals surface area contributed by atoms with E-state index in [1.54, 1.807) is 31.2 Å². The van der Waals surface area contributed by atoms with Crippen LogP contribution in [-0.4, -0.2) is 26.9 Å². The molecule has 2 aromatic rings. The Hall–Kier alpha value is -2.28. The summed E-state index contributed by atoms with van der Waals surface area (Å²) in [4.78, 5) is 25.7. The molecule has 96 valence electrons. The van der Waals surface area contributed by atoms with Crippen LogP contribution >= 0.6 is 11.3 Å². The highest BCUT2D eigenvalue weighted by molar-refractivity contribution is 7.15. The number of imide groups is 1. The number of carbonyl (C=O) groups is 2. The standard InChI is InChI=1S/C12H10N4O2S/c1-6(9-14-15-12(13)19-9)16-10(17)7-4-2-3-5-8(7)11(16)18/h2-6H,1H3,(H2,13,15)/t6-/m0/s1. The van der Waals surface area contributed by atoms with Gasteiger partial charge in [0.1, 0.15) is 5.01 Å². The van der Waals surface area contributed by atoms with E-state index < -0.39 is 6.04 Å². The maximum absolute atomic E-state index is 12.3. The van der Waals surface area contributed by atoms with Crippen LogP contribution in [0.1, 0.15) is 38.7 Å². The van der Waals surface area contributed by atoms with Gasteiger partial charge in [0.25, 0.3) is 11.8 Å². The number of amides is 2. The van der Waals surface area contributed by atoms with Crippen LogP contribution < -0.4 is 5.73 Å². The van der Waals surface area contributed by atoms with Crippen LogP contribution in [-0.2, 0) is 0 Å². The summed E-state index contributed by atoms with van der Waals surface area (Å²) in [6.45, 7) is 1.74. The van der Waals surface area contributed by atoms with Crippen molar-refractivity contribution in [3.05, 3.63) is 40.4 Å². The summed E-state index contributed by atoms with van der Waals surface area (Å²) in [6, 6.07) is 6.30. The highest BCUT2D eigenvalue weighted by Gasteiger charge is 2.39. The molecule has 3 rings (SSSR count). The molecular weight excluding hydrogens is 264 g/mol. The fourth-order valence-corrected chi connectivity index (χ4v) is 2.74. The molecule has 19 heavy (non-hydrogen) atoms. The smallest absolute Gasteiger partial charge is 0.262 e. The highest BCUT2D eigenvalue weighted by atomic mass is 32.1. The predicted molar refractivity (Wildman–Crippen MR) is 69.7 cm³/mol. The number of hydrogen-bond acceptors (Lipinski definition) is 6.